The number of ether oxygens (including phenoxy) is 3. The molecule has 0 atom stereocenters. The number of carbonyl (C=O) groups is 1. The van der Waals surface area contributed by atoms with Crippen molar-refractivity contribution in [1.29, 1.82) is 0 Å². The summed E-state index contributed by atoms with van der Waals surface area (Å²) in [6.45, 7) is 2.74. The van der Waals surface area contributed by atoms with Crippen molar-refractivity contribution in [2.24, 2.45) is 5.10 Å². The number of para-hydroxylation sites is 2. The Morgan fingerprint density at radius 1 is 1.07 bits per heavy atom. The number of methoxy groups -OCH3 is 2. The van der Waals surface area contributed by atoms with Crippen molar-refractivity contribution in [2.75, 3.05) is 32.7 Å². The van der Waals surface area contributed by atoms with Gasteiger partial charge in [0.25, 0.3) is 5.91 Å². The van der Waals surface area contributed by atoms with Crippen LogP contribution in [0.4, 0.5) is 5.69 Å². The molecule has 144 valence electrons. The molecule has 2 N–H and O–H groups in total. The Labute approximate surface area is 159 Å². The van der Waals surface area contributed by atoms with Crippen LogP contribution in [0.15, 0.2) is 47.6 Å². The van der Waals surface area contributed by atoms with E-state index in [2.05, 4.69) is 15.8 Å². The van der Waals surface area contributed by atoms with Gasteiger partial charge < -0.3 is 19.5 Å². The number of hydrazone groups is 1. The van der Waals surface area contributed by atoms with Crippen LogP contribution >= 0.6 is 0 Å². The number of anilines is 1. The summed E-state index contributed by atoms with van der Waals surface area (Å²) in [5.41, 5.74) is 4.01. The fraction of sp³-hybridized carbons (Fsp3) is 0.300. The van der Waals surface area contributed by atoms with E-state index in [4.69, 9.17) is 14.2 Å². The fourth-order valence-corrected chi connectivity index (χ4v) is 2.28. The highest BCUT2D eigenvalue weighted by Gasteiger charge is 2.06. The molecule has 7 heteroatoms. The fourth-order valence-electron chi connectivity index (χ4n) is 2.28. The zero-order valence-electron chi connectivity index (χ0n) is 15.8. The number of rotatable bonds is 10. The highest BCUT2D eigenvalue weighted by atomic mass is 16.5. The van der Waals surface area contributed by atoms with Crippen LogP contribution < -0.4 is 25.0 Å². The van der Waals surface area contributed by atoms with Crippen molar-refractivity contribution < 1.29 is 19.0 Å². The lowest BCUT2D eigenvalue weighted by atomic mass is 10.2. The normalized spacial score (nSPS) is 10.5. The lowest BCUT2D eigenvalue weighted by Gasteiger charge is -2.10. The molecule has 0 aromatic heterocycles. The maximum Gasteiger partial charge on any atom is 0.259 e. The summed E-state index contributed by atoms with van der Waals surface area (Å²) in [7, 11) is 3.16. The Hall–Kier alpha value is -3.22. The second kappa shape index (κ2) is 10.7. The molecule has 0 heterocycles. The summed E-state index contributed by atoms with van der Waals surface area (Å²) < 4.78 is 16.2. The number of amides is 1. The molecular formula is C20H25N3O4. The van der Waals surface area contributed by atoms with Gasteiger partial charge in [0.1, 0.15) is 5.75 Å². The van der Waals surface area contributed by atoms with Gasteiger partial charge in [0.15, 0.2) is 11.5 Å². The highest BCUT2D eigenvalue weighted by molar-refractivity contribution is 5.85. The Morgan fingerprint density at radius 2 is 1.85 bits per heavy atom. The van der Waals surface area contributed by atoms with Crippen LogP contribution in [-0.4, -0.2) is 39.5 Å². The van der Waals surface area contributed by atoms with Gasteiger partial charge in [0.2, 0.25) is 0 Å². The molecule has 1 amide bonds. The molecule has 2 aromatic rings. The van der Waals surface area contributed by atoms with E-state index in [1.54, 1.807) is 26.5 Å². The minimum absolute atomic E-state index is 0.0742. The Bertz CT molecular complexity index is 778. The molecule has 0 bridgehead atoms. The van der Waals surface area contributed by atoms with Gasteiger partial charge in [-0.25, -0.2) is 5.43 Å². The van der Waals surface area contributed by atoms with Gasteiger partial charge in [-0.15, -0.1) is 0 Å². The van der Waals surface area contributed by atoms with Gasteiger partial charge in [0.05, 0.1) is 39.3 Å². The number of carbonyl (C=O) groups excluding carboxylic acids is 1. The maximum absolute atomic E-state index is 11.9. The van der Waals surface area contributed by atoms with Gasteiger partial charge in [0, 0.05) is 0 Å². The average molecular weight is 371 g/mol. The molecule has 27 heavy (non-hydrogen) atoms. The van der Waals surface area contributed by atoms with Crippen molar-refractivity contribution >= 4 is 17.8 Å². The van der Waals surface area contributed by atoms with E-state index < -0.39 is 0 Å². The highest BCUT2D eigenvalue weighted by Crippen LogP contribution is 2.27. The summed E-state index contributed by atoms with van der Waals surface area (Å²) in [5.74, 6) is 1.71. The molecule has 2 aromatic carbocycles. The quantitative estimate of drug-likeness (QED) is 0.496. The zero-order chi connectivity index (χ0) is 19.5. The largest absolute Gasteiger partial charge is 0.495 e. The minimum atomic E-state index is -0.271. The number of nitrogens with zero attached hydrogens (tertiary/aromatic N) is 1. The van der Waals surface area contributed by atoms with Crippen molar-refractivity contribution in [2.45, 2.75) is 13.3 Å². The molecule has 7 nitrogen and oxygen atoms in total. The van der Waals surface area contributed by atoms with E-state index in [9.17, 15) is 4.79 Å². The van der Waals surface area contributed by atoms with E-state index in [1.165, 1.54) is 0 Å². The van der Waals surface area contributed by atoms with E-state index in [0.29, 0.717) is 23.9 Å². The number of hydrogen-bond donors (Lipinski definition) is 2. The van der Waals surface area contributed by atoms with Crippen LogP contribution in [-0.2, 0) is 4.79 Å². The summed E-state index contributed by atoms with van der Waals surface area (Å²) >= 11 is 0. The van der Waals surface area contributed by atoms with Crippen molar-refractivity contribution in [3.05, 3.63) is 48.0 Å². The number of nitrogens with one attached hydrogen (secondary N) is 2. The summed E-state index contributed by atoms with van der Waals surface area (Å²) in [5, 5.41) is 6.98. The third-order valence-electron chi connectivity index (χ3n) is 3.60. The SMILES string of the molecule is CCCOc1ccc(/C=N/NC(=O)CNc2ccccc2OC)cc1OC. The van der Waals surface area contributed by atoms with Gasteiger partial charge in [-0.1, -0.05) is 19.1 Å². The maximum atomic E-state index is 11.9. The topological polar surface area (TPSA) is 81.2 Å². The van der Waals surface area contributed by atoms with E-state index in [-0.39, 0.29) is 12.5 Å². The predicted molar refractivity (Wildman–Crippen MR) is 106 cm³/mol. The standard InChI is InChI=1S/C20H25N3O4/c1-4-11-27-18-10-9-15(12-19(18)26-3)13-22-23-20(24)14-21-16-7-5-6-8-17(16)25-2/h5-10,12-13,21H,4,11,14H2,1-3H3,(H,23,24)/b22-13+. The number of benzene rings is 2. The van der Waals surface area contributed by atoms with Crippen molar-refractivity contribution in [3.8, 4) is 17.2 Å². The third kappa shape index (κ3) is 6.22. The van der Waals surface area contributed by atoms with Gasteiger partial charge >= 0.3 is 0 Å². The van der Waals surface area contributed by atoms with Crippen LogP contribution in [0.1, 0.15) is 18.9 Å². The lowest BCUT2D eigenvalue weighted by molar-refractivity contribution is -0.119. The van der Waals surface area contributed by atoms with Crippen LogP contribution in [0.2, 0.25) is 0 Å². The Kier molecular flexibility index (Phi) is 7.96. The number of hydrogen-bond acceptors (Lipinski definition) is 6. The molecule has 0 unspecified atom stereocenters. The van der Waals surface area contributed by atoms with Gasteiger partial charge in [-0.3, -0.25) is 4.79 Å². The van der Waals surface area contributed by atoms with E-state index in [0.717, 1.165) is 17.7 Å². The second-order valence-electron chi connectivity index (χ2n) is 5.61. The predicted octanol–water partition coefficient (Wildman–Crippen LogP) is 3.05. The Balaban J connectivity index is 1.88. The van der Waals surface area contributed by atoms with Gasteiger partial charge in [-0.2, -0.15) is 5.10 Å². The van der Waals surface area contributed by atoms with Crippen LogP contribution in [0.5, 0.6) is 17.2 Å². The molecular weight excluding hydrogens is 346 g/mol. The molecule has 0 aliphatic heterocycles. The van der Waals surface area contributed by atoms with E-state index in [1.807, 2.05) is 43.3 Å². The molecule has 0 spiro atoms. The minimum Gasteiger partial charge on any atom is -0.495 e. The first-order valence-corrected chi connectivity index (χ1v) is 8.67. The van der Waals surface area contributed by atoms with Crippen molar-refractivity contribution in [3.63, 3.8) is 0 Å². The average Bonchev–Trinajstić information content (AvgIpc) is 2.71. The molecule has 0 radical (unpaired) electrons. The Morgan fingerprint density at radius 3 is 2.59 bits per heavy atom. The van der Waals surface area contributed by atoms with Crippen molar-refractivity contribution in [1.82, 2.24) is 5.43 Å². The molecule has 0 saturated carbocycles. The molecule has 0 fully saturated rings. The summed E-state index contributed by atoms with van der Waals surface area (Å²) in [6, 6.07) is 12.8. The smallest absolute Gasteiger partial charge is 0.259 e. The molecule has 0 aliphatic carbocycles. The van der Waals surface area contributed by atoms with E-state index >= 15 is 0 Å². The molecule has 2 rings (SSSR count). The first-order valence-electron chi connectivity index (χ1n) is 8.67. The molecule has 0 aliphatic rings. The third-order valence-corrected chi connectivity index (χ3v) is 3.60. The monoisotopic (exact) mass is 371 g/mol. The zero-order valence-corrected chi connectivity index (χ0v) is 15.8. The first kappa shape index (κ1) is 20.1. The van der Waals surface area contributed by atoms with Crippen LogP contribution in [0, 0.1) is 0 Å². The lowest BCUT2D eigenvalue weighted by Crippen LogP contribution is -2.26. The summed E-state index contributed by atoms with van der Waals surface area (Å²) in [4.78, 5) is 11.9. The summed E-state index contributed by atoms with van der Waals surface area (Å²) in [6.07, 6.45) is 2.47. The first-order chi connectivity index (χ1) is 13.2. The van der Waals surface area contributed by atoms with Crippen LogP contribution in [0.3, 0.4) is 0 Å². The molecule has 0 saturated heterocycles. The van der Waals surface area contributed by atoms with Crippen LogP contribution in [0.25, 0.3) is 0 Å². The second-order valence-corrected chi connectivity index (χ2v) is 5.61. The van der Waals surface area contributed by atoms with Gasteiger partial charge in [-0.05, 0) is 42.3 Å².